The molecule has 5 heteroatoms. The molecule has 0 saturated heterocycles. The number of nitrogens with one attached hydrogen (secondary N) is 1. The molecular weight excluding hydrogens is 334 g/mol. The third-order valence-electron chi connectivity index (χ3n) is 4.14. The van der Waals surface area contributed by atoms with Crippen LogP contribution >= 0.6 is 11.3 Å². The number of carbonyl (C=O) groups is 2. The highest BCUT2D eigenvalue weighted by atomic mass is 32.1. The number of hydrogen-bond donors (Lipinski definition) is 2. The third kappa shape index (κ3) is 4.25. The Balaban J connectivity index is 1.66. The van der Waals surface area contributed by atoms with E-state index >= 15 is 0 Å². The van der Waals surface area contributed by atoms with Gasteiger partial charge in [0.05, 0.1) is 5.92 Å². The number of benzene rings is 2. The number of hydrogen-bond acceptors (Lipinski definition) is 3. The number of rotatable bonds is 6. The Labute approximate surface area is 150 Å². The Kier molecular flexibility index (Phi) is 5.14. The highest BCUT2D eigenvalue weighted by molar-refractivity contribution is 7.17. The van der Waals surface area contributed by atoms with Crippen molar-refractivity contribution in [2.75, 3.05) is 6.54 Å². The lowest BCUT2D eigenvalue weighted by Crippen LogP contribution is -2.34. The Hall–Kier alpha value is -2.66. The highest BCUT2D eigenvalue weighted by Gasteiger charge is 2.19. The van der Waals surface area contributed by atoms with Gasteiger partial charge in [0.2, 0.25) is 0 Å². The number of thiophene rings is 1. The van der Waals surface area contributed by atoms with Gasteiger partial charge in [-0.15, -0.1) is 11.3 Å². The molecule has 0 aliphatic heterocycles. The van der Waals surface area contributed by atoms with E-state index in [1.54, 1.807) is 17.4 Å². The van der Waals surface area contributed by atoms with Crippen molar-refractivity contribution in [3.05, 3.63) is 70.6 Å². The second-order valence-electron chi connectivity index (χ2n) is 6.11. The van der Waals surface area contributed by atoms with E-state index in [0.29, 0.717) is 12.0 Å². The van der Waals surface area contributed by atoms with Crippen LogP contribution in [0.15, 0.2) is 53.9 Å². The molecule has 2 aromatic carbocycles. The van der Waals surface area contributed by atoms with Gasteiger partial charge in [-0.25, -0.2) is 0 Å². The van der Waals surface area contributed by atoms with Crippen molar-refractivity contribution < 1.29 is 14.7 Å². The fourth-order valence-corrected chi connectivity index (χ4v) is 3.57. The van der Waals surface area contributed by atoms with Crippen LogP contribution in [0.2, 0.25) is 0 Å². The molecule has 1 atom stereocenters. The van der Waals surface area contributed by atoms with E-state index in [1.807, 2.05) is 54.8 Å². The third-order valence-corrected chi connectivity index (χ3v) is 5.04. The van der Waals surface area contributed by atoms with Gasteiger partial charge >= 0.3 is 5.97 Å². The van der Waals surface area contributed by atoms with Crippen molar-refractivity contribution >= 4 is 33.3 Å². The maximum absolute atomic E-state index is 12.3. The molecule has 0 saturated carbocycles. The van der Waals surface area contributed by atoms with Crippen molar-refractivity contribution in [1.29, 1.82) is 0 Å². The molecule has 3 rings (SSSR count). The zero-order chi connectivity index (χ0) is 17.8. The summed E-state index contributed by atoms with van der Waals surface area (Å²) in [5, 5.41) is 15.2. The number of amides is 1. The van der Waals surface area contributed by atoms with Crippen LogP contribution < -0.4 is 5.32 Å². The Morgan fingerprint density at radius 3 is 2.76 bits per heavy atom. The molecule has 0 aliphatic carbocycles. The summed E-state index contributed by atoms with van der Waals surface area (Å²) in [4.78, 5) is 23.9. The van der Waals surface area contributed by atoms with Gasteiger partial charge in [0.1, 0.15) is 0 Å². The average molecular weight is 353 g/mol. The monoisotopic (exact) mass is 353 g/mol. The van der Waals surface area contributed by atoms with Crippen molar-refractivity contribution in [3.63, 3.8) is 0 Å². The Bertz CT molecular complexity index is 916. The average Bonchev–Trinajstić information content (AvgIpc) is 3.05. The van der Waals surface area contributed by atoms with Crippen molar-refractivity contribution in [1.82, 2.24) is 5.32 Å². The van der Waals surface area contributed by atoms with Gasteiger partial charge in [0.15, 0.2) is 0 Å². The normalized spacial score (nSPS) is 12.0. The smallest absolute Gasteiger partial charge is 0.308 e. The Morgan fingerprint density at radius 2 is 2.00 bits per heavy atom. The summed E-state index contributed by atoms with van der Waals surface area (Å²) in [6.45, 7) is 2.07. The second-order valence-corrected chi connectivity index (χ2v) is 7.06. The van der Waals surface area contributed by atoms with Crippen LogP contribution in [-0.4, -0.2) is 23.5 Å². The minimum Gasteiger partial charge on any atom is -0.481 e. The van der Waals surface area contributed by atoms with Gasteiger partial charge in [-0.1, -0.05) is 29.8 Å². The van der Waals surface area contributed by atoms with Crippen LogP contribution in [0.25, 0.3) is 10.1 Å². The summed E-state index contributed by atoms with van der Waals surface area (Å²) in [5.74, 6) is -1.81. The molecule has 1 unspecified atom stereocenters. The molecule has 1 heterocycles. The number of aryl methyl sites for hydroxylation is 1. The van der Waals surface area contributed by atoms with E-state index in [9.17, 15) is 14.7 Å². The number of carbonyl (C=O) groups excluding carboxylic acids is 1. The summed E-state index contributed by atoms with van der Waals surface area (Å²) in [5.41, 5.74) is 2.60. The van der Waals surface area contributed by atoms with Crippen molar-refractivity contribution in [2.45, 2.75) is 13.3 Å². The van der Waals surface area contributed by atoms with Gasteiger partial charge in [-0.05, 0) is 53.9 Å². The zero-order valence-corrected chi connectivity index (χ0v) is 14.7. The lowest BCUT2D eigenvalue weighted by Gasteiger charge is -2.14. The number of carboxylic acids is 1. The van der Waals surface area contributed by atoms with Crippen LogP contribution in [-0.2, 0) is 11.2 Å². The van der Waals surface area contributed by atoms with E-state index in [2.05, 4.69) is 5.32 Å². The van der Waals surface area contributed by atoms with E-state index in [1.165, 1.54) is 0 Å². The minimum atomic E-state index is -0.907. The predicted octanol–water partition coefficient (Wildman–Crippen LogP) is 3.88. The molecule has 1 aromatic heterocycles. The fraction of sp³-hybridized carbons (Fsp3) is 0.200. The van der Waals surface area contributed by atoms with E-state index in [-0.39, 0.29) is 12.5 Å². The van der Waals surface area contributed by atoms with E-state index < -0.39 is 11.9 Å². The molecule has 25 heavy (non-hydrogen) atoms. The molecule has 128 valence electrons. The molecule has 0 radical (unpaired) electrons. The van der Waals surface area contributed by atoms with Crippen LogP contribution in [0.3, 0.4) is 0 Å². The summed E-state index contributed by atoms with van der Waals surface area (Å²) in [6, 6.07) is 15.3. The highest BCUT2D eigenvalue weighted by Crippen LogP contribution is 2.21. The van der Waals surface area contributed by atoms with Gasteiger partial charge in [0, 0.05) is 16.8 Å². The molecular formula is C20H19NO3S. The van der Waals surface area contributed by atoms with Gasteiger partial charge < -0.3 is 10.4 Å². The van der Waals surface area contributed by atoms with Crippen LogP contribution in [0.1, 0.15) is 21.5 Å². The molecule has 2 N–H and O–H groups in total. The van der Waals surface area contributed by atoms with Crippen molar-refractivity contribution in [2.24, 2.45) is 5.92 Å². The first-order valence-corrected chi connectivity index (χ1v) is 8.95. The van der Waals surface area contributed by atoms with Gasteiger partial charge in [-0.3, -0.25) is 9.59 Å². The molecule has 4 nitrogen and oxygen atoms in total. The van der Waals surface area contributed by atoms with Gasteiger partial charge in [-0.2, -0.15) is 0 Å². The van der Waals surface area contributed by atoms with E-state index in [0.717, 1.165) is 21.2 Å². The van der Waals surface area contributed by atoms with Gasteiger partial charge in [0.25, 0.3) is 5.91 Å². The van der Waals surface area contributed by atoms with Crippen LogP contribution in [0, 0.1) is 12.8 Å². The number of carboxylic acid groups (broad SMARTS) is 1. The standard InChI is InChI=1S/C20H19NO3S/c1-13-3-2-4-14(9-13)10-17(20(23)24)12-21-19(22)16-5-6-18-15(11-16)7-8-25-18/h2-9,11,17H,10,12H2,1H3,(H,21,22)(H,23,24). The first-order chi connectivity index (χ1) is 12.0. The Morgan fingerprint density at radius 1 is 1.16 bits per heavy atom. The largest absolute Gasteiger partial charge is 0.481 e. The molecule has 0 aliphatic rings. The first kappa shape index (κ1) is 17.2. The SMILES string of the molecule is Cc1cccc(CC(CNC(=O)c2ccc3sccc3c2)C(=O)O)c1. The van der Waals surface area contributed by atoms with Crippen LogP contribution in [0.5, 0.6) is 0 Å². The topological polar surface area (TPSA) is 66.4 Å². The van der Waals surface area contributed by atoms with E-state index in [4.69, 9.17) is 0 Å². The fourth-order valence-electron chi connectivity index (χ4n) is 2.80. The maximum Gasteiger partial charge on any atom is 0.308 e. The summed E-state index contributed by atoms with van der Waals surface area (Å²) < 4.78 is 1.12. The lowest BCUT2D eigenvalue weighted by molar-refractivity contribution is -0.141. The van der Waals surface area contributed by atoms with Crippen molar-refractivity contribution in [3.8, 4) is 0 Å². The number of aliphatic carboxylic acids is 1. The summed E-state index contributed by atoms with van der Waals surface area (Å²) in [6.07, 6.45) is 0.390. The molecule has 0 fully saturated rings. The summed E-state index contributed by atoms with van der Waals surface area (Å²) in [7, 11) is 0. The number of fused-ring (bicyclic) bond motifs is 1. The maximum atomic E-state index is 12.3. The molecule has 1 amide bonds. The zero-order valence-electron chi connectivity index (χ0n) is 13.9. The molecule has 0 bridgehead atoms. The van der Waals surface area contributed by atoms with Crippen LogP contribution in [0.4, 0.5) is 0 Å². The lowest BCUT2D eigenvalue weighted by atomic mass is 9.98. The summed E-state index contributed by atoms with van der Waals surface area (Å²) >= 11 is 1.62. The molecule has 0 spiro atoms. The quantitative estimate of drug-likeness (QED) is 0.707. The second kappa shape index (κ2) is 7.49. The minimum absolute atomic E-state index is 0.101. The predicted molar refractivity (Wildman–Crippen MR) is 100 cm³/mol. The molecule has 3 aromatic rings. The first-order valence-electron chi connectivity index (χ1n) is 8.07.